The van der Waals surface area contributed by atoms with Crippen molar-refractivity contribution in [1.82, 2.24) is 20.1 Å². The van der Waals surface area contributed by atoms with Crippen LogP contribution in [0, 0.1) is 0 Å². The van der Waals surface area contributed by atoms with Crippen molar-refractivity contribution >= 4 is 0 Å². The van der Waals surface area contributed by atoms with Gasteiger partial charge in [0.15, 0.2) is 0 Å². The zero-order chi connectivity index (χ0) is 13.7. The first-order valence-electron chi connectivity index (χ1n) is 7.01. The van der Waals surface area contributed by atoms with E-state index in [1.165, 1.54) is 0 Å². The number of aromatic nitrogens is 3. The van der Waals surface area contributed by atoms with Crippen molar-refractivity contribution in [3.05, 3.63) is 29.4 Å². The molecule has 0 amide bonds. The fraction of sp³-hybridized carbons (Fsp3) is 0.571. The maximum atomic E-state index is 5.53. The van der Waals surface area contributed by atoms with Crippen LogP contribution in [0.1, 0.15) is 44.3 Å². The molecule has 0 unspecified atom stereocenters. The lowest BCUT2D eigenvalue weighted by molar-refractivity contribution is 0.501. The molecule has 104 valence electrons. The van der Waals surface area contributed by atoms with E-state index in [1.54, 1.807) is 6.26 Å². The number of aryl methyl sites for hydroxylation is 2. The molecular weight excluding hydrogens is 240 g/mol. The second-order valence-electron chi connectivity index (χ2n) is 4.54. The maximum Gasteiger partial charge on any atom is 0.323 e. The van der Waals surface area contributed by atoms with Crippen LogP contribution in [-0.4, -0.2) is 21.3 Å². The topological polar surface area (TPSA) is 55.9 Å². The third kappa shape index (κ3) is 3.23. The van der Waals surface area contributed by atoms with Crippen molar-refractivity contribution < 1.29 is 4.42 Å². The van der Waals surface area contributed by atoms with Gasteiger partial charge in [-0.05, 0) is 31.9 Å². The number of hydrogen-bond donors (Lipinski definition) is 1. The first-order valence-corrected chi connectivity index (χ1v) is 7.01. The zero-order valence-corrected chi connectivity index (χ0v) is 11.9. The van der Waals surface area contributed by atoms with Gasteiger partial charge in [0.25, 0.3) is 0 Å². The van der Waals surface area contributed by atoms with Crippen LogP contribution in [0.5, 0.6) is 0 Å². The molecule has 0 radical (unpaired) electrons. The molecule has 0 saturated heterocycles. The molecule has 5 nitrogen and oxygen atoms in total. The van der Waals surface area contributed by atoms with E-state index in [4.69, 9.17) is 4.42 Å². The summed E-state index contributed by atoms with van der Waals surface area (Å²) in [5, 5.41) is 7.83. The van der Waals surface area contributed by atoms with Gasteiger partial charge in [0, 0.05) is 12.2 Å². The van der Waals surface area contributed by atoms with E-state index in [9.17, 15) is 0 Å². The molecule has 2 heterocycles. The number of hydrogen-bond acceptors (Lipinski definition) is 4. The van der Waals surface area contributed by atoms with Crippen molar-refractivity contribution in [2.75, 3.05) is 6.54 Å². The summed E-state index contributed by atoms with van der Waals surface area (Å²) in [6, 6.07) is 2.67. The SMILES string of the molecule is CCCNCc1coc(-n2nc(CC)cc2CC)n1. The molecule has 19 heavy (non-hydrogen) atoms. The van der Waals surface area contributed by atoms with E-state index >= 15 is 0 Å². The standard InChI is InChI=1S/C14H22N4O/c1-4-7-15-9-12-10-19-14(16-12)18-13(6-3)8-11(5-2)17-18/h8,10,15H,4-7,9H2,1-3H3. The number of rotatable bonds is 7. The van der Waals surface area contributed by atoms with Gasteiger partial charge in [-0.1, -0.05) is 20.8 Å². The summed E-state index contributed by atoms with van der Waals surface area (Å²) in [7, 11) is 0. The van der Waals surface area contributed by atoms with Crippen LogP contribution < -0.4 is 5.32 Å². The molecule has 0 aliphatic carbocycles. The molecule has 0 spiro atoms. The zero-order valence-electron chi connectivity index (χ0n) is 11.9. The molecule has 0 saturated carbocycles. The molecular formula is C14H22N4O. The van der Waals surface area contributed by atoms with Gasteiger partial charge in [0.1, 0.15) is 6.26 Å². The Balaban J connectivity index is 2.15. The summed E-state index contributed by atoms with van der Waals surface area (Å²) in [5.41, 5.74) is 3.12. The monoisotopic (exact) mass is 262 g/mol. The highest BCUT2D eigenvalue weighted by molar-refractivity contribution is 5.19. The molecule has 1 N–H and O–H groups in total. The predicted molar refractivity (Wildman–Crippen MR) is 74.4 cm³/mol. The van der Waals surface area contributed by atoms with Gasteiger partial charge in [-0.25, -0.2) is 0 Å². The number of oxazole rings is 1. The lowest BCUT2D eigenvalue weighted by atomic mass is 10.3. The van der Waals surface area contributed by atoms with E-state index in [0.717, 1.165) is 49.4 Å². The fourth-order valence-corrected chi connectivity index (χ4v) is 1.93. The molecule has 2 rings (SSSR count). The number of nitrogens with zero attached hydrogens (tertiary/aromatic N) is 3. The summed E-state index contributed by atoms with van der Waals surface area (Å²) in [4.78, 5) is 4.48. The summed E-state index contributed by atoms with van der Waals surface area (Å²) in [6.45, 7) is 8.08. The van der Waals surface area contributed by atoms with Crippen LogP contribution in [0.15, 0.2) is 16.7 Å². The van der Waals surface area contributed by atoms with Crippen molar-refractivity contribution in [2.45, 2.75) is 46.6 Å². The van der Waals surface area contributed by atoms with Gasteiger partial charge < -0.3 is 9.73 Å². The second kappa shape index (κ2) is 6.52. The highest BCUT2D eigenvalue weighted by Gasteiger charge is 2.12. The minimum absolute atomic E-state index is 0.560. The van der Waals surface area contributed by atoms with E-state index in [2.05, 4.69) is 42.2 Å². The third-order valence-corrected chi connectivity index (χ3v) is 3.01. The molecule has 0 aromatic carbocycles. The first kappa shape index (κ1) is 13.8. The van der Waals surface area contributed by atoms with Gasteiger partial charge in [0.2, 0.25) is 0 Å². The minimum atomic E-state index is 0.560. The van der Waals surface area contributed by atoms with Crippen LogP contribution in [0.25, 0.3) is 6.01 Å². The summed E-state index contributed by atoms with van der Waals surface area (Å²) in [6.07, 6.45) is 4.65. The van der Waals surface area contributed by atoms with Crippen LogP contribution in [0.3, 0.4) is 0 Å². The van der Waals surface area contributed by atoms with Crippen molar-refractivity contribution in [1.29, 1.82) is 0 Å². The smallest absolute Gasteiger partial charge is 0.323 e. The van der Waals surface area contributed by atoms with Crippen LogP contribution in [0.2, 0.25) is 0 Å². The van der Waals surface area contributed by atoms with Crippen LogP contribution in [0.4, 0.5) is 0 Å². The predicted octanol–water partition coefficient (Wildman–Crippen LogP) is 2.48. The molecule has 5 heteroatoms. The normalized spacial score (nSPS) is 11.1. The fourth-order valence-electron chi connectivity index (χ4n) is 1.93. The molecule has 2 aromatic heterocycles. The van der Waals surface area contributed by atoms with Crippen molar-refractivity contribution in [2.24, 2.45) is 0 Å². The molecule has 2 aromatic rings. The number of nitrogens with one attached hydrogen (secondary N) is 1. The van der Waals surface area contributed by atoms with Gasteiger partial charge in [0.05, 0.1) is 11.4 Å². The molecule has 0 aliphatic heterocycles. The first-order chi connectivity index (χ1) is 9.28. The average Bonchev–Trinajstić information content (AvgIpc) is 3.04. The van der Waals surface area contributed by atoms with E-state index in [0.29, 0.717) is 6.01 Å². The minimum Gasteiger partial charge on any atom is -0.430 e. The Labute approximate surface area is 114 Å². The highest BCUT2D eigenvalue weighted by Crippen LogP contribution is 2.13. The Kier molecular flexibility index (Phi) is 4.74. The van der Waals surface area contributed by atoms with Crippen molar-refractivity contribution in [3.8, 4) is 6.01 Å². The lowest BCUT2D eigenvalue weighted by Gasteiger charge is -1.99. The van der Waals surface area contributed by atoms with E-state index < -0.39 is 0 Å². The maximum absolute atomic E-state index is 5.53. The van der Waals surface area contributed by atoms with E-state index in [1.807, 2.05) is 4.68 Å². The van der Waals surface area contributed by atoms with Gasteiger partial charge in [-0.3, -0.25) is 0 Å². The van der Waals surface area contributed by atoms with Crippen LogP contribution >= 0.6 is 0 Å². The Morgan fingerprint density at radius 1 is 1.21 bits per heavy atom. The Morgan fingerprint density at radius 3 is 2.74 bits per heavy atom. The molecule has 0 atom stereocenters. The van der Waals surface area contributed by atoms with Crippen LogP contribution in [-0.2, 0) is 19.4 Å². The second-order valence-corrected chi connectivity index (χ2v) is 4.54. The quantitative estimate of drug-likeness (QED) is 0.779. The van der Waals surface area contributed by atoms with Crippen molar-refractivity contribution in [3.63, 3.8) is 0 Å². The summed E-state index contributed by atoms with van der Waals surface area (Å²) < 4.78 is 7.34. The largest absolute Gasteiger partial charge is 0.430 e. The highest BCUT2D eigenvalue weighted by atomic mass is 16.4. The lowest BCUT2D eigenvalue weighted by Crippen LogP contribution is -2.14. The van der Waals surface area contributed by atoms with E-state index in [-0.39, 0.29) is 0 Å². The molecule has 0 aliphatic rings. The Bertz CT molecular complexity index is 515. The Morgan fingerprint density at radius 2 is 2.05 bits per heavy atom. The molecule has 0 fully saturated rings. The molecule has 0 bridgehead atoms. The van der Waals surface area contributed by atoms with Gasteiger partial charge in [-0.2, -0.15) is 14.8 Å². The summed E-state index contributed by atoms with van der Waals surface area (Å²) in [5.74, 6) is 0. The Hall–Kier alpha value is -1.62. The van der Waals surface area contributed by atoms with Gasteiger partial charge >= 0.3 is 6.01 Å². The third-order valence-electron chi connectivity index (χ3n) is 3.01. The van der Waals surface area contributed by atoms with Gasteiger partial charge in [-0.15, -0.1) is 0 Å². The summed E-state index contributed by atoms with van der Waals surface area (Å²) >= 11 is 0. The average molecular weight is 262 g/mol.